The van der Waals surface area contributed by atoms with Crippen LogP contribution in [0.25, 0.3) is 0 Å². The normalized spacial score (nSPS) is 11.7. The van der Waals surface area contributed by atoms with Crippen LogP contribution in [0, 0.1) is 18.3 Å². The van der Waals surface area contributed by atoms with Crippen molar-refractivity contribution in [2.75, 3.05) is 0 Å². The third kappa shape index (κ3) is 3.30. The summed E-state index contributed by atoms with van der Waals surface area (Å²) in [5, 5.41) is 19.0. The van der Waals surface area contributed by atoms with Crippen LogP contribution in [0.3, 0.4) is 0 Å². The Morgan fingerprint density at radius 1 is 1.30 bits per heavy atom. The van der Waals surface area contributed by atoms with Gasteiger partial charge < -0.3 is 9.84 Å². The molecule has 4 heteroatoms. The van der Waals surface area contributed by atoms with E-state index in [2.05, 4.69) is 0 Å². The number of para-hydroxylation sites is 1. The van der Waals surface area contributed by atoms with Crippen molar-refractivity contribution in [3.8, 4) is 11.8 Å². The first-order valence-corrected chi connectivity index (χ1v) is 6.54. The molecule has 0 amide bonds. The van der Waals surface area contributed by atoms with Crippen LogP contribution in [0.2, 0.25) is 5.02 Å². The SMILES string of the molecule is Cc1ccccc1OCc1ccc(Cl)cc1[C@@H](O)C#N. The first-order valence-electron chi connectivity index (χ1n) is 6.16. The number of ether oxygens (including phenoxy) is 1. The van der Waals surface area contributed by atoms with E-state index in [0.29, 0.717) is 10.6 Å². The minimum Gasteiger partial charge on any atom is -0.489 e. The van der Waals surface area contributed by atoms with Crippen LogP contribution in [0.5, 0.6) is 5.75 Å². The molecule has 0 saturated carbocycles. The summed E-state index contributed by atoms with van der Waals surface area (Å²) in [5.41, 5.74) is 2.25. The van der Waals surface area contributed by atoms with Crippen molar-refractivity contribution in [3.05, 3.63) is 64.2 Å². The van der Waals surface area contributed by atoms with Gasteiger partial charge in [0, 0.05) is 10.6 Å². The van der Waals surface area contributed by atoms with Gasteiger partial charge in [-0.1, -0.05) is 35.9 Å². The van der Waals surface area contributed by atoms with Crippen LogP contribution in [-0.2, 0) is 6.61 Å². The highest BCUT2D eigenvalue weighted by atomic mass is 35.5. The van der Waals surface area contributed by atoms with E-state index < -0.39 is 6.10 Å². The molecule has 0 aliphatic rings. The van der Waals surface area contributed by atoms with Crippen molar-refractivity contribution in [1.82, 2.24) is 0 Å². The number of aliphatic hydroxyl groups excluding tert-OH is 1. The minimum atomic E-state index is -1.20. The Hall–Kier alpha value is -2.02. The first kappa shape index (κ1) is 14.4. The summed E-state index contributed by atoms with van der Waals surface area (Å²) in [6.45, 7) is 2.23. The van der Waals surface area contributed by atoms with Gasteiger partial charge in [0.05, 0.1) is 6.07 Å². The molecular weight excluding hydrogens is 274 g/mol. The van der Waals surface area contributed by atoms with Gasteiger partial charge in [-0.15, -0.1) is 0 Å². The van der Waals surface area contributed by atoms with Crippen molar-refractivity contribution in [1.29, 1.82) is 5.26 Å². The lowest BCUT2D eigenvalue weighted by Crippen LogP contribution is -2.04. The molecule has 3 nitrogen and oxygen atoms in total. The zero-order valence-corrected chi connectivity index (χ0v) is 11.8. The number of rotatable bonds is 4. The third-order valence-corrected chi connectivity index (χ3v) is 3.24. The molecular formula is C16H14ClNO2. The van der Waals surface area contributed by atoms with Gasteiger partial charge >= 0.3 is 0 Å². The largest absolute Gasteiger partial charge is 0.489 e. The van der Waals surface area contributed by atoms with Gasteiger partial charge in [0.15, 0.2) is 6.10 Å². The predicted octanol–water partition coefficient (Wildman–Crippen LogP) is 3.78. The quantitative estimate of drug-likeness (QED) is 0.871. The highest BCUT2D eigenvalue weighted by molar-refractivity contribution is 6.30. The molecule has 20 heavy (non-hydrogen) atoms. The van der Waals surface area contributed by atoms with Gasteiger partial charge in [0.1, 0.15) is 12.4 Å². The van der Waals surface area contributed by atoms with Crippen molar-refractivity contribution in [3.63, 3.8) is 0 Å². The van der Waals surface area contributed by atoms with Crippen molar-refractivity contribution in [2.24, 2.45) is 0 Å². The molecule has 0 heterocycles. The van der Waals surface area contributed by atoms with Crippen LogP contribution in [-0.4, -0.2) is 5.11 Å². The Labute approximate surface area is 123 Å². The number of aryl methyl sites for hydroxylation is 1. The van der Waals surface area contributed by atoms with E-state index in [-0.39, 0.29) is 6.61 Å². The molecule has 2 aromatic carbocycles. The fraction of sp³-hybridized carbons (Fsp3) is 0.188. The Kier molecular flexibility index (Phi) is 4.62. The highest BCUT2D eigenvalue weighted by Gasteiger charge is 2.13. The second kappa shape index (κ2) is 6.42. The summed E-state index contributed by atoms with van der Waals surface area (Å²) in [4.78, 5) is 0. The number of halogens is 1. The van der Waals surface area contributed by atoms with Gasteiger partial charge in [-0.25, -0.2) is 0 Å². The molecule has 2 aromatic rings. The summed E-state index contributed by atoms with van der Waals surface area (Å²) >= 11 is 5.90. The average molecular weight is 288 g/mol. The monoisotopic (exact) mass is 287 g/mol. The topological polar surface area (TPSA) is 53.2 Å². The first-order chi connectivity index (χ1) is 9.61. The highest BCUT2D eigenvalue weighted by Crippen LogP contribution is 2.24. The Bertz CT molecular complexity index is 649. The number of benzene rings is 2. The van der Waals surface area contributed by atoms with E-state index >= 15 is 0 Å². The fourth-order valence-corrected chi connectivity index (χ4v) is 2.08. The maximum atomic E-state index is 9.71. The maximum absolute atomic E-state index is 9.71. The second-order valence-corrected chi connectivity index (χ2v) is 4.87. The van der Waals surface area contributed by atoms with E-state index in [9.17, 15) is 5.11 Å². The zero-order chi connectivity index (χ0) is 14.5. The Balaban J connectivity index is 2.22. The van der Waals surface area contributed by atoms with Crippen LogP contribution >= 0.6 is 11.6 Å². The minimum absolute atomic E-state index is 0.274. The second-order valence-electron chi connectivity index (χ2n) is 4.43. The molecule has 0 saturated heterocycles. The smallest absolute Gasteiger partial charge is 0.166 e. The molecule has 1 atom stereocenters. The van der Waals surface area contributed by atoms with Gasteiger partial charge in [0.2, 0.25) is 0 Å². The van der Waals surface area contributed by atoms with E-state index in [4.69, 9.17) is 21.6 Å². The molecule has 1 N–H and O–H groups in total. The molecule has 0 fully saturated rings. The van der Waals surface area contributed by atoms with Crippen LogP contribution in [0.4, 0.5) is 0 Å². The number of aliphatic hydroxyl groups is 1. The number of nitrogens with zero attached hydrogens (tertiary/aromatic N) is 1. The molecule has 0 spiro atoms. The molecule has 0 aliphatic heterocycles. The van der Waals surface area contributed by atoms with Crippen LogP contribution < -0.4 is 4.74 Å². The van der Waals surface area contributed by atoms with E-state index in [1.807, 2.05) is 31.2 Å². The number of hydrogen-bond donors (Lipinski definition) is 1. The lowest BCUT2D eigenvalue weighted by atomic mass is 10.0. The zero-order valence-electron chi connectivity index (χ0n) is 11.0. The lowest BCUT2D eigenvalue weighted by molar-refractivity contribution is 0.229. The third-order valence-electron chi connectivity index (χ3n) is 3.00. The molecule has 2 rings (SSSR count). The van der Waals surface area contributed by atoms with E-state index in [1.165, 1.54) is 0 Å². The van der Waals surface area contributed by atoms with Gasteiger partial charge in [0.25, 0.3) is 0 Å². The summed E-state index contributed by atoms with van der Waals surface area (Å²) in [7, 11) is 0. The predicted molar refractivity (Wildman–Crippen MR) is 77.5 cm³/mol. The Morgan fingerprint density at radius 2 is 2.05 bits per heavy atom. The summed E-state index contributed by atoms with van der Waals surface area (Å²) in [6.07, 6.45) is -1.20. The van der Waals surface area contributed by atoms with Crippen LogP contribution in [0.1, 0.15) is 22.8 Å². The summed E-state index contributed by atoms with van der Waals surface area (Å²) in [6, 6.07) is 14.5. The molecule has 0 radical (unpaired) electrons. The molecule has 102 valence electrons. The molecule has 0 aromatic heterocycles. The standard InChI is InChI=1S/C16H14ClNO2/c1-11-4-2-3-5-16(11)20-10-12-6-7-13(17)8-14(12)15(19)9-18/h2-8,15,19H,10H2,1H3/t15-/m0/s1. The fourth-order valence-electron chi connectivity index (χ4n) is 1.90. The number of hydrogen-bond acceptors (Lipinski definition) is 3. The van der Waals surface area contributed by atoms with Crippen molar-refractivity contribution < 1.29 is 9.84 Å². The van der Waals surface area contributed by atoms with Gasteiger partial charge in [-0.05, 0) is 36.2 Å². The van der Waals surface area contributed by atoms with Crippen molar-refractivity contribution in [2.45, 2.75) is 19.6 Å². The molecule has 0 bridgehead atoms. The summed E-state index contributed by atoms with van der Waals surface area (Å²) in [5.74, 6) is 0.778. The van der Waals surface area contributed by atoms with E-state index in [0.717, 1.165) is 16.9 Å². The summed E-state index contributed by atoms with van der Waals surface area (Å²) < 4.78 is 5.73. The van der Waals surface area contributed by atoms with Gasteiger partial charge in [-0.2, -0.15) is 5.26 Å². The van der Waals surface area contributed by atoms with Gasteiger partial charge in [-0.3, -0.25) is 0 Å². The average Bonchev–Trinajstić information content (AvgIpc) is 2.46. The van der Waals surface area contributed by atoms with Crippen molar-refractivity contribution >= 4 is 11.6 Å². The molecule has 0 unspecified atom stereocenters. The lowest BCUT2D eigenvalue weighted by Gasteiger charge is -2.13. The van der Waals surface area contributed by atoms with E-state index in [1.54, 1.807) is 24.3 Å². The molecule has 0 aliphatic carbocycles. The maximum Gasteiger partial charge on any atom is 0.166 e. The van der Waals surface area contributed by atoms with Crippen LogP contribution in [0.15, 0.2) is 42.5 Å². The number of nitriles is 1. The Morgan fingerprint density at radius 3 is 2.75 bits per heavy atom.